The van der Waals surface area contributed by atoms with Crippen LogP contribution in [-0.4, -0.2) is 31.5 Å². The number of fused-ring (bicyclic) bond motifs is 1. The van der Waals surface area contributed by atoms with Gasteiger partial charge in [-0.15, -0.1) is 0 Å². The number of rotatable bonds is 7. The molecular weight excluding hydrogens is 355 g/mol. The van der Waals surface area contributed by atoms with Crippen LogP contribution in [0.25, 0.3) is 10.8 Å². The molecule has 1 atom stereocenters. The van der Waals surface area contributed by atoms with Gasteiger partial charge in [-0.1, -0.05) is 30.3 Å². The van der Waals surface area contributed by atoms with Crippen molar-refractivity contribution in [2.24, 2.45) is 0 Å². The van der Waals surface area contributed by atoms with Gasteiger partial charge in [0, 0.05) is 6.54 Å². The van der Waals surface area contributed by atoms with Crippen molar-refractivity contribution in [3.63, 3.8) is 0 Å². The third-order valence-electron chi connectivity index (χ3n) is 4.73. The van der Waals surface area contributed by atoms with Gasteiger partial charge in [-0.2, -0.15) is 0 Å². The van der Waals surface area contributed by atoms with Gasteiger partial charge in [-0.25, -0.2) is 4.39 Å². The number of carbonyl (C=O) groups excluding carboxylic acids is 1. The highest BCUT2D eigenvalue weighted by molar-refractivity contribution is 5.84. The van der Waals surface area contributed by atoms with Gasteiger partial charge in [0.25, 0.3) is 0 Å². The summed E-state index contributed by atoms with van der Waals surface area (Å²) in [6.45, 7) is 2.84. The van der Waals surface area contributed by atoms with Gasteiger partial charge >= 0.3 is 0 Å². The van der Waals surface area contributed by atoms with Crippen LogP contribution in [0, 0.1) is 5.82 Å². The zero-order valence-corrected chi connectivity index (χ0v) is 16.4. The summed E-state index contributed by atoms with van der Waals surface area (Å²) in [6, 6.07) is 18.3. The maximum Gasteiger partial charge on any atom is 0.234 e. The summed E-state index contributed by atoms with van der Waals surface area (Å²) < 4.78 is 18.3. The number of ether oxygens (including phenoxy) is 1. The highest BCUT2D eigenvalue weighted by Gasteiger charge is 2.12. The van der Waals surface area contributed by atoms with Crippen LogP contribution < -0.4 is 10.1 Å². The van der Waals surface area contributed by atoms with Crippen LogP contribution in [0.5, 0.6) is 5.75 Å². The Morgan fingerprint density at radius 2 is 1.75 bits per heavy atom. The topological polar surface area (TPSA) is 41.6 Å². The van der Waals surface area contributed by atoms with Gasteiger partial charge in [-0.05, 0) is 66.2 Å². The smallest absolute Gasteiger partial charge is 0.234 e. The predicted octanol–water partition coefficient (Wildman–Crippen LogP) is 4.30. The molecule has 4 nitrogen and oxygen atoms in total. The van der Waals surface area contributed by atoms with Gasteiger partial charge in [0.2, 0.25) is 5.91 Å². The molecule has 0 radical (unpaired) electrons. The summed E-state index contributed by atoms with van der Waals surface area (Å²) in [5.74, 6) is 0.491. The second-order valence-corrected chi connectivity index (χ2v) is 7.06. The summed E-state index contributed by atoms with van der Waals surface area (Å²) in [5.41, 5.74) is 2.02. The first-order chi connectivity index (χ1) is 13.4. The van der Waals surface area contributed by atoms with Crippen molar-refractivity contribution in [2.75, 3.05) is 20.7 Å². The average molecular weight is 380 g/mol. The second-order valence-electron chi connectivity index (χ2n) is 7.06. The lowest BCUT2D eigenvalue weighted by atomic mass is 10.1. The maximum absolute atomic E-state index is 13.0. The van der Waals surface area contributed by atoms with E-state index < -0.39 is 0 Å². The fourth-order valence-corrected chi connectivity index (χ4v) is 3.23. The van der Waals surface area contributed by atoms with Crippen LogP contribution in [0.2, 0.25) is 0 Å². The van der Waals surface area contributed by atoms with Crippen LogP contribution >= 0.6 is 0 Å². The van der Waals surface area contributed by atoms with E-state index in [-0.39, 0.29) is 24.3 Å². The number of amides is 1. The fraction of sp³-hybridized carbons (Fsp3) is 0.261. The number of nitrogens with zero attached hydrogens (tertiary/aromatic N) is 1. The molecule has 0 fully saturated rings. The molecule has 0 saturated carbocycles. The quantitative estimate of drug-likeness (QED) is 0.665. The van der Waals surface area contributed by atoms with Crippen LogP contribution in [0.3, 0.4) is 0 Å². The van der Waals surface area contributed by atoms with Crippen molar-refractivity contribution < 1.29 is 13.9 Å². The zero-order valence-electron chi connectivity index (χ0n) is 16.4. The third-order valence-corrected chi connectivity index (χ3v) is 4.73. The average Bonchev–Trinajstić information content (AvgIpc) is 2.67. The highest BCUT2D eigenvalue weighted by atomic mass is 19.1. The molecule has 146 valence electrons. The van der Waals surface area contributed by atoms with E-state index in [1.165, 1.54) is 12.1 Å². The molecule has 3 aromatic carbocycles. The van der Waals surface area contributed by atoms with E-state index in [4.69, 9.17) is 4.74 Å². The first-order valence-electron chi connectivity index (χ1n) is 9.24. The van der Waals surface area contributed by atoms with Crippen molar-refractivity contribution in [1.82, 2.24) is 10.2 Å². The van der Waals surface area contributed by atoms with Crippen LogP contribution in [0.4, 0.5) is 4.39 Å². The number of halogens is 1. The molecule has 5 heteroatoms. The molecule has 0 saturated heterocycles. The Bertz CT molecular complexity index is 956. The molecule has 0 heterocycles. The number of carbonyl (C=O) groups is 1. The number of nitrogens with one attached hydrogen (secondary N) is 1. The number of benzene rings is 3. The van der Waals surface area contributed by atoms with E-state index in [0.717, 1.165) is 27.6 Å². The van der Waals surface area contributed by atoms with Gasteiger partial charge in [0.05, 0.1) is 19.7 Å². The normalized spacial score (nSPS) is 12.2. The minimum Gasteiger partial charge on any atom is -0.497 e. The first-order valence-corrected chi connectivity index (χ1v) is 9.24. The van der Waals surface area contributed by atoms with Gasteiger partial charge in [0.15, 0.2) is 0 Å². The molecular formula is C23H25FN2O2. The molecule has 0 spiro atoms. The van der Waals surface area contributed by atoms with Crippen LogP contribution in [0.15, 0.2) is 60.7 Å². The number of likely N-dealkylation sites (N-methyl/N-ethyl adjacent to an activating group) is 1. The standard InChI is InChI=1S/C23H25FN2O2/c1-16(18-6-9-21(24)10-7-18)25-23(27)15-26(2)14-17-4-5-20-13-22(28-3)11-8-19(20)12-17/h4-13,16H,14-15H2,1-3H3,(H,25,27)/t16-/m0/s1. The number of methoxy groups -OCH3 is 1. The Morgan fingerprint density at radius 1 is 1.07 bits per heavy atom. The lowest BCUT2D eigenvalue weighted by Crippen LogP contribution is -2.36. The minimum absolute atomic E-state index is 0.0650. The third kappa shape index (κ3) is 5.08. The Balaban J connectivity index is 1.57. The molecule has 28 heavy (non-hydrogen) atoms. The largest absolute Gasteiger partial charge is 0.497 e. The summed E-state index contributed by atoms with van der Waals surface area (Å²) in [5, 5.41) is 5.22. The lowest BCUT2D eigenvalue weighted by Gasteiger charge is -2.19. The lowest BCUT2D eigenvalue weighted by molar-refractivity contribution is -0.122. The van der Waals surface area contributed by atoms with Crippen molar-refractivity contribution in [2.45, 2.75) is 19.5 Å². The van der Waals surface area contributed by atoms with Gasteiger partial charge in [-0.3, -0.25) is 9.69 Å². The summed E-state index contributed by atoms with van der Waals surface area (Å²) in [7, 11) is 3.58. The molecule has 0 bridgehead atoms. The van der Waals surface area contributed by atoms with E-state index in [1.807, 2.05) is 37.1 Å². The van der Waals surface area contributed by atoms with Crippen LogP contribution in [-0.2, 0) is 11.3 Å². The van der Waals surface area contributed by atoms with Crippen molar-refractivity contribution >= 4 is 16.7 Å². The molecule has 3 aromatic rings. The monoisotopic (exact) mass is 380 g/mol. The van der Waals surface area contributed by atoms with Crippen LogP contribution in [0.1, 0.15) is 24.1 Å². The van der Waals surface area contributed by atoms with E-state index in [1.54, 1.807) is 19.2 Å². The molecule has 0 aromatic heterocycles. The maximum atomic E-state index is 13.0. The summed E-state index contributed by atoms with van der Waals surface area (Å²) >= 11 is 0. The summed E-state index contributed by atoms with van der Waals surface area (Å²) in [4.78, 5) is 14.3. The minimum atomic E-state index is -0.282. The zero-order chi connectivity index (χ0) is 20.1. The molecule has 0 aliphatic carbocycles. The molecule has 1 amide bonds. The van der Waals surface area contributed by atoms with Crippen molar-refractivity contribution in [3.05, 3.63) is 77.6 Å². The molecule has 0 aliphatic heterocycles. The number of hydrogen-bond donors (Lipinski definition) is 1. The van der Waals surface area contributed by atoms with Crippen molar-refractivity contribution in [1.29, 1.82) is 0 Å². The first kappa shape index (κ1) is 19.8. The fourth-order valence-electron chi connectivity index (χ4n) is 3.23. The Labute approximate surface area is 164 Å². The molecule has 0 aliphatic rings. The second kappa shape index (κ2) is 8.85. The number of hydrogen-bond acceptors (Lipinski definition) is 3. The predicted molar refractivity (Wildman–Crippen MR) is 110 cm³/mol. The van der Waals surface area contributed by atoms with E-state index in [9.17, 15) is 9.18 Å². The summed E-state index contributed by atoms with van der Waals surface area (Å²) in [6.07, 6.45) is 0. The van der Waals surface area contributed by atoms with E-state index in [2.05, 4.69) is 23.5 Å². The van der Waals surface area contributed by atoms with E-state index >= 15 is 0 Å². The molecule has 0 unspecified atom stereocenters. The Kier molecular flexibility index (Phi) is 6.26. The molecule has 1 N–H and O–H groups in total. The van der Waals surface area contributed by atoms with Gasteiger partial charge in [0.1, 0.15) is 11.6 Å². The SMILES string of the molecule is COc1ccc2cc(CN(C)CC(=O)N[C@@H](C)c3ccc(F)cc3)ccc2c1. The van der Waals surface area contributed by atoms with Gasteiger partial charge < -0.3 is 10.1 Å². The Morgan fingerprint density at radius 3 is 2.46 bits per heavy atom. The van der Waals surface area contributed by atoms with Crippen molar-refractivity contribution in [3.8, 4) is 5.75 Å². The van der Waals surface area contributed by atoms with E-state index in [0.29, 0.717) is 6.54 Å². The molecule has 3 rings (SSSR count). The highest BCUT2D eigenvalue weighted by Crippen LogP contribution is 2.22. The Hall–Kier alpha value is -2.92.